The van der Waals surface area contributed by atoms with E-state index in [4.69, 9.17) is 11.6 Å². The summed E-state index contributed by atoms with van der Waals surface area (Å²) in [5.41, 5.74) is 4.60. The van der Waals surface area contributed by atoms with Crippen molar-refractivity contribution in [3.8, 4) is 0 Å². The van der Waals surface area contributed by atoms with E-state index in [2.05, 4.69) is 11.1 Å². The molecule has 5 heteroatoms. The number of hydrogen-bond donors (Lipinski definition) is 1. The van der Waals surface area contributed by atoms with Gasteiger partial charge < -0.3 is 9.88 Å². The Morgan fingerprint density at radius 1 is 1.03 bits per heavy atom. The molecule has 0 spiro atoms. The van der Waals surface area contributed by atoms with E-state index in [9.17, 15) is 9.18 Å². The van der Waals surface area contributed by atoms with Gasteiger partial charge in [0.05, 0.1) is 6.04 Å². The lowest BCUT2D eigenvalue weighted by molar-refractivity contribution is 0.0691. The molecule has 0 bridgehead atoms. The van der Waals surface area contributed by atoms with Crippen LogP contribution in [0.5, 0.6) is 0 Å². The van der Waals surface area contributed by atoms with E-state index < -0.39 is 5.82 Å². The van der Waals surface area contributed by atoms with Crippen LogP contribution in [0.15, 0.2) is 72.8 Å². The number of aromatic nitrogens is 1. The molecule has 0 aliphatic carbocycles. The summed E-state index contributed by atoms with van der Waals surface area (Å²) in [6, 6.07) is 21.3. The van der Waals surface area contributed by atoms with E-state index in [0.717, 1.165) is 23.2 Å². The van der Waals surface area contributed by atoms with Gasteiger partial charge in [-0.3, -0.25) is 4.79 Å². The average molecular weight is 405 g/mol. The second kappa shape index (κ2) is 7.05. The van der Waals surface area contributed by atoms with Gasteiger partial charge in [0, 0.05) is 33.7 Å². The van der Waals surface area contributed by atoms with Crippen molar-refractivity contribution in [3.05, 3.63) is 106 Å². The van der Waals surface area contributed by atoms with Gasteiger partial charge in [-0.1, -0.05) is 48.0 Å². The molecule has 29 heavy (non-hydrogen) atoms. The molecule has 3 aromatic carbocycles. The summed E-state index contributed by atoms with van der Waals surface area (Å²) in [4.78, 5) is 18.7. The number of aromatic amines is 1. The van der Waals surface area contributed by atoms with Crippen molar-refractivity contribution < 1.29 is 9.18 Å². The number of halogens is 2. The summed E-state index contributed by atoms with van der Waals surface area (Å²) in [7, 11) is 0. The maximum atomic E-state index is 13.7. The molecule has 1 atom stereocenters. The SMILES string of the molecule is O=C(c1cccc(F)c1)N1CCc2c([nH]c3ccccc23)[C@@H]1c1ccc(Cl)cc1. The predicted octanol–water partition coefficient (Wildman–Crippen LogP) is 5.75. The molecule has 5 rings (SSSR count). The molecule has 1 aromatic heterocycles. The van der Waals surface area contributed by atoms with Crippen molar-refractivity contribution in [1.82, 2.24) is 9.88 Å². The van der Waals surface area contributed by atoms with E-state index in [1.807, 2.05) is 47.4 Å². The molecule has 0 saturated carbocycles. The Morgan fingerprint density at radius 2 is 1.83 bits per heavy atom. The minimum atomic E-state index is -0.415. The van der Waals surface area contributed by atoms with Gasteiger partial charge >= 0.3 is 0 Å². The Bertz CT molecular complexity index is 1220. The summed E-state index contributed by atoms with van der Waals surface area (Å²) in [5, 5.41) is 1.82. The number of hydrogen-bond acceptors (Lipinski definition) is 1. The van der Waals surface area contributed by atoms with Crippen LogP contribution in [-0.2, 0) is 6.42 Å². The van der Waals surface area contributed by atoms with Crippen LogP contribution < -0.4 is 0 Å². The summed E-state index contributed by atoms with van der Waals surface area (Å²) in [6.45, 7) is 0.553. The van der Waals surface area contributed by atoms with Crippen LogP contribution in [0.1, 0.15) is 33.2 Å². The average Bonchev–Trinajstić information content (AvgIpc) is 3.12. The topological polar surface area (TPSA) is 36.1 Å². The fourth-order valence-electron chi connectivity index (χ4n) is 4.24. The Labute approximate surface area is 172 Å². The van der Waals surface area contributed by atoms with E-state index >= 15 is 0 Å². The van der Waals surface area contributed by atoms with Gasteiger partial charge in [-0.15, -0.1) is 0 Å². The fraction of sp³-hybridized carbons (Fsp3) is 0.125. The highest BCUT2D eigenvalue weighted by Crippen LogP contribution is 2.39. The highest BCUT2D eigenvalue weighted by molar-refractivity contribution is 6.30. The minimum Gasteiger partial charge on any atom is -0.356 e. The third kappa shape index (κ3) is 3.10. The summed E-state index contributed by atoms with van der Waals surface area (Å²) < 4.78 is 13.7. The first kappa shape index (κ1) is 18.0. The van der Waals surface area contributed by atoms with Crippen LogP contribution in [0, 0.1) is 5.82 Å². The highest BCUT2D eigenvalue weighted by Gasteiger charge is 2.35. The van der Waals surface area contributed by atoms with E-state index in [1.54, 1.807) is 12.1 Å². The third-order valence-electron chi connectivity index (χ3n) is 5.55. The molecule has 1 N–H and O–H groups in total. The molecule has 3 nitrogen and oxygen atoms in total. The van der Waals surface area contributed by atoms with Crippen molar-refractivity contribution in [1.29, 1.82) is 0 Å². The third-order valence-corrected chi connectivity index (χ3v) is 5.80. The van der Waals surface area contributed by atoms with Crippen LogP contribution in [-0.4, -0.2) is 22.3 Å². The summed E-state index contributed by atoms with van der Waals surface area (Å²) in [6.07, 6.45) is 0.741. The van der Waals surface area contributed by atoms with Crippen molar-refractivity contribution in [3.63, 3.8) is 0 Å². The van der Waals surface area contributed by atoms with E-state index in [-0.39, 0.29) is 11.9 Å². The zero-order valence-corrected chi connectivity index (χ0v) is 16.3. The number of carbonyl (C=O) groups excluding carboxylic acids is 1. The molecule has 0 fully saturated rings. The number of fused-ring (bicyclic) bond motifs is 3. The lowest BCUT2D eigenvalue weighted by Gasteiger charge is -2.36. The first-order chi connectivity index (χ1) is 14.1. The standard InChI is InChI=1S/C24H18ClFN2O/c25-17-10-8-15(9-11-17)23-22-20(19-6-1-2-7-21(19)27-22)12-13-28(23)24(29)16-4-3-5-18(26)14-16/h1-11,14,23,27H,12-13H2/t23-/m0/s1. The first-order valence-corrected chi connectivity index (χ1v) is 9.91. The molecule has 0 radical (unpaired) electrons. The molecule has 2 heterocycles. The van der Waals surface area contributed by atoms with Crippen molar-refractivity contribution in [2.24, 2.45) is 0 Å². The minimum absolute atomic E-state index is 0.186. The number of amides is 1. The van der Waals surface area contributed by atoms with Crippen LogP contribution >= 0.6 is 11.6 Å². The summed E-state index contributed by atoms with van der Waals surface area (Å²) in [5.74, 6) is -0.601. The molecule has 0 saturated heterocycles. The lowest BCUT2D eigenvalue weighted by atomic mass is 9.91. The molecular weight excluding hydrogens is 387 g/mol. The maximum absolute atomic E-state index is 13.7. The van der Waals surface area contributed by atoms with Gasteiger partial charge in [0.2, 0.25) is 0 Å². The molecule has 144 valence electrons. The Morgan fingerprint density at radius 3 is 2.62 bits per heavy atom. The smallest absolute Gasteiger partial charge is 0.254 e. The van der Waals surface area contributed by atoms with Crippen molar-refractivity contribution in [2.75, 3.05) is 6.54 Å². The normalized spacial score (nSPS) is 16.1. The van der Waals surface area contributed by atoms with Gasteiger partial charge in [0.15, 0.2) is 0 Å². The van der Waals surface area contributed by atoms with Crippen LogP contribution in [0.4, 0.5) is 4.39 Å². The lowest BCUT2D eigenvalue weighted by Crippen LogP contribution is -2.40. The van der Waals surface area contributed by atoms with E-state index in [0.29, 0.717) is 17.1 Å². The number of nitrogens with one attached hydrogen (secondary N) is 1. The van der Waals surface area contributed by atoms with Gasteiger partial charge in [0.25, 0.3) is 5.91 Å². The van der Waals surface area contributed by atoms with Crippen LogP contribution in [0.25, 0.3) is 10.9 Å². The maximum Gasteiger partial charge on any atom is 0.254 e. The molecule has 0 unspecified atom stereocenters. The second-order valence-corrected chi connectivity index (χ2v) is 7.71. The van der Waals surface area contributed by atoms with Crippen LogP contribution in [0.3, 0.4) is 0 Å². The second-order valence-electron chi connectivity index (χ2n) is 7.28. The first-order valence-electron chi connectivity index (χ1n) is 9.53. The number of H-pyrrole nitrogens is 1. The molecule has 4 aromatic rings. The zero-order chi connectivity index (χ0) is 20.0. The van der Waals surface area contributed by atoms with Crippen LogP contribution in [0.2, 0.25) is 5.02 Å². The van der Waals surface area contributed by atoms with Gasteiger partial charge in [-0.25, -0.2) is 4.39 Å². The Kier molecular flexibility index (Phi) is 4.36. The predicted molar refractivity (Wildman–Crippen MR) is 113 cm³/mol. The summed E-state index contributed by atoms with van der Waals surface area (Å²) >= 11 is 6.10. The van der Waals surface area contributed by atoms with Gasteiger partial charge in [0.1, 0.15) is 5.82 Å². The number of benzene rings is 3. The number of para-hydroxylation sites is 1. The van der Waals surface area contributed by atoms with Crippen molar-refractivity contribution >= 4 is 28.4 Å². The number of rotatable bonds is 2. The largest absolute Gasteiger partial charge is 0.356 e. The monoisotopic (exact) mass is 404 g/mol. The zero-order valence-electron chi connectivity index (χ0n) is 15.5. The van der Waals surface area contributed by atoms with Gasteiger partial charge in [-0.05, 0) is 53.9 Å². The van der Waals surface area contributed by atoms with E-state index in [1.165, 1.54) is 23.1 Å². The molecular formula is C24H18ClFN2O. The molecule has 1 aliphatic rings. The number of nitrogens with zero attached hydrogens (tertiary/aromatic N) is 1. The Hall–Kier alpha value is -3.11. The van der Waals surface area contributed by atoms with Gasteiger partial charge in [-0.2, -0.15) is 0 Å². The fourth-order valence-corrected chi connectivity index (χ4v) is 4.36. The van der Waals surface area contributed by atoms with Crippen molar-refractivity contribution in [2.45, 2.75) is 12.5 Å². The molecule has 1 amide bonds. The number of carbonyl (C=O) groups is 1. The quantitative estimate of drug-likeness (QED) is 0.453. The highest BCUT2D eigenvalue weighted by atomic mass is 35.5. The Balaban J connectivity index is 1.66. The molecule has 1 aliphatic heterocycles.